The van der Waals surface area contributed by atoms with Crippen LogP contribution >= 0.6 is 0 Å². The molecule has 1 aromatic carbocycles. The van der Waals surface area contributed by atoms with E-state index in [0.29, 0.717) is 5.56 Å². The molecule has 3 heteroatoms. The van der Waals surface area contributed by atoms with Crippen molar-refractivity contribution in [1.82, 2.24) is 0 Å². The van der Waals surface area contributed by atoms with Crippen molar-refractivity contribution in [2.45, 2.75) is 6.10 Å². The summed E-state index contributed by atoms with van der Waals surface area (Å²) in [6, 6.07) is 9.09. The van der Waals surface area contributed by atoms with Gasteiger partial charge in [-0.1, -0.05) is 29.7 Å². The Morgan fingerprint density at radius 1 is 1.45 bits per heavy atom. The molecule has 0 bridgehead atoms. The SMILES string of the molecule is Bc1ccccc1C(O)C#N. The zero-order chi connectivity index (χ0) is 8.27. The van der Waals surface area contributed by atoms with E-state index < -0.39 is 6.10 Å². The smallest absolute Gasteiger partial charge is 0.165 e. The number of nitrogens with zero attached hydrogens (tertiary/aromatic N) is 1. The Morgan fingerprint density at radius 3 is 2.64 bits per heavy atom. The molecule has 1 rings (SSSR count). The van der Waals surface area contributed by atoms with Crippen LogP contribution in [0.25, 0.3) is 0 Å². The van der Waals surface area contributed by atoms with Crippen LogP contribution in [0.15, 0.2) is 24.3 Å². The lowest BCUT2D eigenvalue weighted by Crippen LogP contribution is -2.12. The average Bonchev–Trinajstić information content (AvgIpc) is 2.04. The molecule has 0 spiro atoms. The standard InChI is InChI=1S/C8H8BNO/c9-7-4-2-1-3-6(7)8(11)5-10/h1-4,8,11H,9H2. The molecule has 0 fully saturated rings. The molecule has 0 amide bonds. The fourth-order valence-corrected chi connectivity index (χ4v) is 0.963. The third-order valence-electron chi connectivity index (χ3n) is 1.61. The van der Waals surface area contributed by atoms with E-state index in [1.165, 1.54) is 0 Å². The largest absolute Gasteiger partial charge is 0.374 e. The number of benzene rings is 1. The summed E-state index contributed by atoms with van der Waals surface area (Å²) in [6.07, 6.45) is -0.990. The van der Waals surface area contributed by atoms with Crippen LogP contribution < -0.4 is 5.46 Å². The molecule has 0 aliphatic heterocycles. The summed E-state index contributed by atoms with van der Waals surface area (Å²) in [5.41, 5.74) is 1.64. The van der Waals surface area contributed by atoms with Gasteiger partial charge in [-0.2, -0.15) is 5.26 Å². The van der Waals surface area contributed by atoms with Gasteiger partial charge in [-0.15, -0.1) is 0 Å². The highest BCUT2D eigenvalue weighted by atomic mass is 16.3. The van der Waals surface area contributed by atoms with Gasteiger partial charge < -0.3 is 5.11 Å². The van der Waals surface area contributed by atoms with E-state index >= 15 is 0 Å². The molecule has 11 heavy (non-hydrogen) atoms. The zero-order valence-electron chi connectivity index (χ0n) is 6.28. The Hall–Kier alpha value is -1.27. The van der Waals surface area contributed by atoms with Gasteiger partial charge in [0.15, 0.2) is 6.10 Å². The predicted octanol–water partition coefficient (Wildman–Crippen LogP) is -0.498. The summed E-state index contributed by atoms with van der Waals surface area (Å²) in [6.45, 7) is 0. The fraction of sp³-hybridized carbons (Fsp3) is 0.125. The molecule has 0 saturated heterocycles. The third-order valence-corrected chi connectivity index (χ3v) is 1.61. The van der Waals surface area contributed by atoms with Gasteiger partial charge in [-0.25, -0.2) is 0 Å². The van der Waals surface area contributed by atoms with Gasteiger partial charge in [0.05, 0.1) is 6.07 Å². The second-order valence-electron chi connectivity index (χ2n) is 2.39. The second kappa shape index (κ2) is 3.22. The molecule has 54 valence electrons. The van der Waals surface area contributed by atoms with Crippen molar-refractivity contribution in [3.8, 4) is 6.07 Å². The van der Waals surface area contributed by atoms with Gasteiger partial charge in [0.25, 0.3) is 0 Å². The van der Waals surface area contributed by atoms with Crippen molar-refractivity contribution in [2.75, 3.05) is 0 Å². The first-order valence-corrected chi connectivity index (χ1v) is 3.39. The van der Waals surface area contributed by atoms with Crippen LogP contribution in [0.1, 0.15) is 11.7 Å². The quantitative estimate of drug-likeness (QED) is 0.427. The van der Waals surface area contributed by atoms with E-state index in [1.54, 1.807) is 12.1 Å². The Kier molecular flexibility index (Phi) is 2.30. The van der Waals surface area contributed by atoms with Gasteiger partial charge in [0.1, 0.15) is 7.85 Å². The predicted molar refractivity (Wildman–Crippen MR) is 45.2 cm³/mol. The van der Waals surface area contributed by atoms with E-state index in [1.807, 2.05) is 26.0 Å². The Bertz CT molecular complexity index is 292. The van der Waals surface area contributed by atoms with Crippen LogP contribution in [0.2, 0.25) is 0 Å². The number of hydrogen-bond donors (Lipinski definition) is 1. The van der Waals surface area contributed by atoms with Crippen molar-refractivity contribution in [3.63, 3.8) is 0 Å². The van der Waals surface area contributed by atoms with Gasteiger partial charge in [-0.3, -0.25) is 0 Å². The monoisotopic (exact) mass is 145 g/mol. The van der Waals surface area contributed by atoms with Gasteiger partial charge in [-0.05, 0) is 5.56 Å². The molecule has 1 unspecified atom stereocenters. The molecular weight excluding hydrogens is 137 g/mol. The molecule has 0 aromatic heterocycles. The van der Waals surface area contributed by atoms with Gasteiger partial charge in [0, 0.05) is 0 Å². The normalized spacial score (nSPS) is 12.0. The highest BCUT2D eigenvalue weighted by molar-refractivity contribution is 6.33. The number of hydrogen-bond acceptors (Lipinski definition) is 2. The number of aliphatic hydroxyl groups is 1. The van der Waals surface area contributed by atoms with Crippen LogP contribution in [0, 0.1) is 11.3 Å². The lowest BCUT2D eigenvalue weighted by Gasteiger charge is -2.04. The molecule has 2 nitrogen and oxygen atoms in total. The van der Waals surface area contributed by atoms with Crippen LogP contribution in [-0.4, -0.2) is 13.0 Å². The van der Waals surface area contributed by atoms with Crippen molar-refractivity contribution < 1.29 is 5.11 Å². The Morgan fingerprint density at radius 2 is 2.09 bits per heavy atom. The maximum Gasteiger partial charge on any atom is 0.165 e. The minimum Gasteiger partial charge on any atom is -0.374 e. The van der Waals surface area contributed by atoms with E-state index in [-0.39, 0.29) is 0 Å². The Labute approximate surface area is 66.5 Å². The minimum atomic E-state index is -0.990. The van der Waals surface area contributed by atoms with E-state index in [9.17, 15) is 0 Å². The highest BCUT2D eigenvalue weighted by Crippen LogP contribution is 2.06. The van der Waals surface area contributed by atoms with Gasteiger partial charge >= 0.3 is 0 Å². The molecule has 0 aliphatic carbocycles. The molecular formula is C8H8BNO. The van der Waals surface area contributed by atoms with Crippen molar-refractivity contribution in [3.05, 3.63) is 29.8 Å². The summed E-state index contributed by atoms with van der Waals surface area (Å²) < 4.78 is 0. The summed E-state index contributed by atoms with van der Waals surface area (Å²) in [5, 5.41) is 17.6. The number of nitriles is 1. The lowest BCUT2D eigenvalue weighted by atomic mass is 9.88. The lowest BCUT2D eigenvalue weighted by molar-refractivity contribution is 0.237. The van der Waals surface area contributed by atoms with Crippen LogP contribution in [0.3, 0.4) is 0 Å². The topological polar surface area (TPSA) is 44.0 Å². The number of aliphatic hydroxyl groups excluding tert-OH is 1. The van der Waals surface area contributed by atoms with E-state index in [2.05, 4.69) is 0 Å². The van der Waals surface area contributed by atoms with E-state index in [4.69, 9.17) is 10.4 Å². The molecule has 1 atom stereocenters. The maximum atomic E-state index is 9.15. The molecule has 0 heterocycles. The molecule has 0 saturated carbocycles. The number of rotatable bonds is 1. The third kappa shape index (κ3) is 1.60. The highest BCUT2D eigenvalue weighted by Gasteiger charge is 2.06. The summed E-state index contributed by atoms with van der Waals surface area (Å²) in [4.78, 5) is 0. The average molecular weight is 145 g/mol. The summed E-state index contributed by atoms with van der Waals surface area (Å²) in [5.74, 6) is 0. The van der Waals surface area contributed by atoms with Crippen LogP contribution in [0.4, 0.5) is 0 Å². The van der Waals surface area contributed by atoms with Crippen LogP contribution in [-0.2, 0) is 0 Å². The Balaban J connectivity index is 3.05. The molecule has 1 aromatic rings. The first kappa shape index (κ1) is 7.84. The zero-order valence-corrected chi connectivity index (χ0v) is 6.28. The summed E-state index contributed by atoms with van der Waals surface area (Å²) in [7, 11) is 1.87. The van der Waals surface area contributed by atoms with Gasteiger partial charge in [0.2, 0.25) is 0 Å². The van der Waals surface area contributed by atoms with Crippen molar-refractivity contribution >= 4 is 13.3 Å². The van der Waals surface area contributed by atoms with Crippen molar-refractivity contribution in [2.24, 2.45) is 0 Å². The molecule has 0 radical (unpaired) electrons. The second-order valence-corrected chi connectivity index (χ2v) is 2.39. The molecule has 1 N–H and O–H groups in total. The fourth-order valence-electron chi connectivity index (χ4n) is 0.963. The first-order chi connectivity index (χ1) is 5.25. The first-order valence-electron chi connectivity index (χ1n) is 3.39. The van der Waals surface area contributed by atoms with E-state index in [0.717, 1.165) is 5.46 Å². The maximum absolute atomic E-state index is 9.15. The van der Waals surface area contributed by atoms with Crippen molar-refractivity contribution in [1.29, 1.82) is 5.26 Å². The molecule has 0 aliphatic rings. The minimum absolute atomic E-state index is 0.690. The summed E-state index contributed by atoms with van der Waals surface area (Å²) >= 11 is 0. The van der Waals surface area contributed by atoms with Crippen LogP contribution in [0.5, 0.6) is 0 Å².